The Kier molecular flexibility index (Phi) is 5.43. The molecule has 25 heavy (non-hydrogen) atoms. The third-order valence-corrected chi connectivity index (χ3v) is 4.16. The molecule has 5 heteroatoms. The van der Waals surface area contributed by atoms with Crippen molar-refractivity contribution in [1.82, 2.24) is 5.32 Å². The maximum Gasteiger partial charge on any atom is 0.255 e. The molecule has 132 valence electrons. The third kappa shape index (κ3) is 3.87. The van der Waals surface area contributed by atoms with Gasteiger partial charge in [0, 0.05) is 18.1 Å². The molecular weight excluding hydrogens is 318 g/mol. The number of methoxy groups -OCH3 is 1. The average Bonchev–Trinajstić information content (AvgIpc) is 2.66. The number of rotatable bonds is 6. The van der Waals surface area contributed by atoms with Crippen molar-refractivity contribution in [2.75, 3.05) is 20.3 Å². The predicted octanol–water partition coefficient (Wildman–Crippen LogP) is 3.74. The molecule has 1 aliphatic rings. The molecule has 1 aliphatic heterocycles. The van der Waals surface area contributed by atoms with Crippen LogP contribution in [0, 0.1) is 0 Å². The first kappa shape index (κ1) is 17.1. The van der Waals surface area contributed by atoms with Crippen molar-refractivity contribution in [1.29, 1.82) is 0 Å². The van der Waals surface area contributed by atoms with Crippen molar-refractivity contribution >= 4 is 5.91 Å². The number of fused-ring (bicyclic) bond motifs is 1. The van der Waals surface area contributed by atoms with Crippen molar-refractivity contribution in [3.05, 3.63) is 53.6 Å². The summed E-state index contributed by atoms with van der Waals surface area (Å²) < 4.78 is 16.6. The molecule has 0 saturated heterocycles. The highest BCUT2D eigenvalue weighted by Gasteiger charge is 2.24. The number of amides is 1. The molecule has 0 aromatic heterocycles. The summed E-state index contributed by atoms with van der Waals surface area (Å²) in [6, 6.07) is 13.0. The summed E-state index contributed by atoms with van der Waals surface area (Å²) in [6.45, 7) is 3.16. The minimum absolute atomic E-state index is 0.0708. The Morgan fingerprint density at radius 2 is 2.12 bits per heavy atom. The Labute approximate surface area is 147 Å². The van der Waals surface area contributed by atoms with E-state index in [1.54, 1.807) is 25.3 Å². The van der Waals surface area contributed by atoms with E-state index in [2.05, 4.69) is 5.32 Å². The van der Waals surface area contributed by atoms with Gasteiger partial charge in [0.05, 0.1) is 31.9 Å². The van der Waals surface area contributed by atoms with E-state index in [9.17, 15) is 4.79 Å². The summed E-state index contributed by atoms with van der Waals surface area (Å²) in [4.78, 5) is 12.8. The number of ether oxygens (including phenoxy) is 3. The largest absolute Gasteiger partial charge is 0.497 e. The van der Waals surface area contributed by atoms with Gasteiger partial charge < -0.3 is 19.5 Å². The molecule has 0 saturated carbocycles. The maximum atomic E-state index is 12.8. The molecule has 1 unspecified atom stereocenters. The first-order chi connectivity index (χ1) is 12.2. The van der Waals surface area contributed by atoms with E-state index in [1.165, 1.54) is 0 Å². The highest BCUT2D eigenvalue weighted by Crippen LogP contribution is 2.32. The van der Waals surface area contributed by atoms with Gasteiger partial charge in [0.1, 0.15) is 17.2 Å². The van der Waals surface area contributed by atoms with Gasteiger partial charge in [-0.25, -0.2) is 0 Å². The lowest BCUT2D eigenvalue weighted by Crippen LogP contribution is -2.32. The molecule has 1 atom stereocenters. The minimum atomic E-state index is -0.157. The molecule has 5 nitrogen and oxygen atoms in total. The Morgan fingerprint density at radius 1 is 1.28 bits per heavy atom. The molecule has 0 bridgehead atoms. The monoisotopic (exact) mass is 341 g/mol. The Hall–Kier alpha value is -2.69. The normalized spacial score (nSPS) is 15.7. The lowest BCUT2D eigenvalue weighted by molar-refractivity contribution is 0.0920. The molecule has 1 amide bonds. The highest BCUT2D eigenvalue weighted by atomic mass is 16.5. The highest BCUT2D eigenvalue weighted by molar-refractivity contribution is 5.97. The van der Waals surface area contributed by atoms with Gasteiger partial charge in [-0.2, -0.15) is 0 Å². The van der Waals surface area contributed by atoms with E-state index in [1.807, 2.05) is 31.2 Å². The fraction of sp³-hybridized carbons (Fsp3) is 0.350. The van der Waals surface area contributed by atoms with E-state index in [-0.39, 0.29) is 11.9 Å². The van der Waals surface area contributed by atoms with Crippen LogP contribution in [-0.4, -0.2) is 26.2 Å². The fourth-order valence-electron chi connectivity index (χ4n) is 2.88. The smallest absolute Gasteiger partial charge is 0.255 e. The van der Waals surface area contributed by atoms with E-state index in [0.717, 1.165) is 24.2 Å². The fourth-order valence-corrected chi connectivity index (χ4v) is 2.88. The summed E-state index contributed by atoms with van der Waals surface area (Å²) in [5.41, 5.74) is 1.52. The van der Waals surface area contributed by atoms with Crippen LogP contribution in [-0.2, 0) is 0 Å². The second kappa shape index (κ2) is 7.92. The van der Waals surface area contributed by atoms with Crippen LogP contribution in [0.3, 0.4) is 0 Å². The predicted molar refractivity (Wildman–Crippen MR) is 95.5 cm³/mol. The molecule has 2 aromatic rings. The molecular formula is C20H23NO4. The quantitative estimate of drug-likeness (QED) is 0.870. The zero-order valence-electron chi connectivity index (χ0n) is 14.6. The summed E-state index contributed by atoms with van der Waals surface area (Å²) in [6.07, 6.45) is 1.61. The van der Waals surface area contributed by atoms with Gasteiger partial charge in [0.25, 0.3) is 5.91 Å². The zero-order valence-corrected chi connectivity index (χ0v) is 14.6. The van der Waals surface area contributed by atoms with Crippen molar-refractivity contribution in [3.63, 3.8) is 0 Å². The Balaban J connectivity index is 1.82. The van der Waals surface area contributed by atoms with Crippen LogP contribution in [0.15, 0.2) is 42.5 Å². The first-order valence-electron chi connectivity index (χ1n) is 8.56. The van der Waals surface area contributed by atoms with E-state index in [4.69, 9.17) is 14.2 Å². The van der Waals surface area contributed by atoms with Gasteiger partial charge in [-0.05, 0) is 24.6 Å². The summed E-state index contributed by atoms with van der Waals surface area (Å²) in [5.74, 6) is 1.88. The number of para-hydroxylation sites is 1. The lowest BCUT2D eigenvalue weighted by Gasteiger charge is -2.27. The first-order valence-corrected chi connectivity index (χ1v) is 8.56. The standard InChI is InChI=1S/C20H23NO4/c1-3-11-24-19-13-14(23-2)8-9-16(19)20(22)21-17-10-12-25-18-7-5-4-6-15(17)18/h4-9,13,17H,3,10-12H2,1-2H3,(H,21,22). The molecule has 0 aliphatic carbocycles. The van der Waals surface area contributed by atoms with Gasteiger partial charge in [0.2, 0.25) is 0 Å². The van der Waals surface area contributed by atoms with Gasteiger partial charge in [-0.3, -0.25) is 4.79 Å². The van der Waals surface area contributed by atoms with Crippen LogP contribution in [0.1, 0.15) is 41.7 Å². The van der Waals surface area contributed by atoms with Crippen molar-refractivity contribution in [3.8, 4) is 17.2 Å². The number of hydrogen-bond acceptors (Lipinski definition) is 4. The molecule has 2 aromatic carbocycles. The van der Waals surface area contributed by atoms with Crippen molar-refractivity contribution < 1.29 is 19.0 Å². The molecule has 0 radical (unpaired) electrons. The van der Waals surface area contributed by atoms with Gasteiger partial charge in [0.15, 0.2) is 0 Å². The molecule has 1 N–H and O–H groups in total. The average molecular weight is 341 g/mol. The van der Waals surface area contributed by atoms with E-state index < -0.39 is 0 Å². The Bertz CT molecular complexity index is 744. The van der Waals surface area contributed by atoms with E-state index in [0.29, 0.717) is 30.3 Å². The third-order valence-electron chi connectivity index (χ3n) is 4.16. The van der Waals surface area contributed by atoms with Gasteiger partial charge in [-0.15, -0.1) is 0 Å². The Morgan fingerprint density at radius 3 is 2.92 bits per heavy atom. The summed E-state index contributed by atoms with van der Waals surface area (Å²) in [7, 11) is 1.59. The second-order valence-electron chi connectivity index (χ2n) is 5.91. The van der Waals surface area contributed by atoms with Crippen LogP contribution in [0.4, 0.5) is 0 Å². The van der Waals surface area contributed by atoms with Crippen LogP contribution < -0.4 is 19.5 Å². The minimum Gasteiger partial charge on any atom is -0.497 e. The lowest BCUT2D eigenvalue weighted by atomic mass is 10.00. The van der Waals surface area contributed by atoms with E-state index >= 15 is 0 Å². The second-order valence-corrected chi connectivity index (χ2v) is 5.91. The van der Waals surface area contributed by atoms with Crippen LogP contribution >= 0.6 is 0 Å². The number of nitrogens with one attached hydrogen (secondary N) is 1. The topological polar surface area (TPSA) is 56.8 Å². The van der Waals surface area contributed by atoms with Gasteiger partial charge >= 0.3 is 0 Å². The molecule has 0 spiro atoms. The number of hydrogen-bond donors (Lipinski definition) is 1. The van der Waals surface area contributed by atoms with Crippen LogP contribution in [0.25, 0.3) is 0 Å². The zero-order chi connectivity index (χ0) is 17.6. The summed E-state index contributed by atoms with van der Waals surface area (Å²) in [5, 5.41) is 3.11. The molecule has 3 rings (SSSR count). The van der Waals surface area contributed by atoms with Gasteiger partial charge in [-0.1, -0.05) is 25.1 Å². The summed E-state index contributed by atoms with van der Waals surface area (Å²) >= 11 is 0. The SMILES string of the molecule is CCCOc1cc(OC)ccc1C(=O)NC1CCOc2ccccc21. The van der Waals surface area contributed by atoms with Crippen LogP contribution in [0.2, 0.25) is 0 Å². The number of carbonyl (C=O) groups is 1. The number of carbonyl (C=O) groups excluding carboxylic acids is 1. The van der Waals surface area contributed by atoms with Crippen molar-refractivity contribution in [2.24, 2.45) is 0 Å². The maximum absolute atomic E-state index is 12.8. The van der Waals surface area contributed by atoms with Crippen LogP contribution in [0.5, 0.6) is 17.2 Å². The number of benzene rings is 2. The molecule has 1 heterocycles. The van der Waals surface area contributed by atoms with Crippen molar-refractivity contribution in [2.45, 2.75) is 25.8 Å². The molecule has 0 fully saturated rings.